The molecule has 1 aromatic carbocycles. The van der Waals surface area contributed by atoms with Gasteiger partial charge in [0.1, 0.15) is 0 Å². The van der Waals surface area contributed by atoms with Crippen LogP contribution < -0.4 is 5.32 Å². The molecule has 0 aliphatic carbocycles. The van der Waals surface area contributed by atoms with Crippen LogP contribution in [-0.4, -0.2) is 29.8 Å². The van der Waals surface area contributed by atoms with E-state index >= 15 is 0 Å². The van der Waals surface area contributed by atoms with Crippen molar-refractivity contribution in [2.24, 2.45) is 0 Å². The predicted octanol–water partition coefficient (Wildman–Crippen LogP) is 2.45. The van der Waals surface area contributed by atoms with Gasteiger partial charge in [-0.25, -0.2) is 0 Å². The van der Waals surface area contributed by atoms with Gasteiger partial charge in [0.2, 0.25) is 0 Å². The molecule has 2 N–H and O–H groups in total. The summed E-state index contributed by atoms with van der Waals surface area (Å²) in [6.45, 7) is 3.48. The largest absolute Gasteiger partial charge is 0.396 e. The van der Waals surface area contributed by atoms with Gasteiger partial charge in [0.25, 0.3) is 0 Å². The summed E-state index contributed by atoms with van der Waals surface area (Å²) < 4.78 is 0. The van der Waals surface area contributed by atoms with Gasteiger partial charge in [-0.2, -0.15) is 11.8 Å². The van der Waals surface area contributed by atoms with Gasteiger partial charge in [-0.3, -0.25) is 0 Å². The molecule has 0 heterocycles. The summed E-state index contributed by atoms with van der Waals surface area (Å²) in [7, 11) is 0. The first-order valence-electron chi connectivity index (χ1n) is 5.85. The summed E-state index contributed by atoms with van der Waals surface area (Å²) in [5.41, 5.74) is 1.33. The molecule has 90 valence electrons. The van der Waals surface area contributed by atoms with Crippen molar-refractivity contribution in [3.05, 3.63) is 35.9 Å². The minimum Gasteiger partial charge on any atom is -0.396 e. The average Bonchev–Trinajstić information content (AvgIpc) is 2.35. The van der Waals surface area contributed by atoms with Gasteiger partial charge in [0, 0.05) is 17.5 Å². The van der Waals surface area contributed by atoms with Crippen LogP contribution in [0.25, 0.3) is 0 Å². The van der Waals surface area contributed by atoms with E-state index in [1.807, 2.05) is 6.07 Å². The molecule has 0 aliphatic rings. The van der Waals surface area contributed by atoms with Crippen molar-refractivity contribution in [2.45, 2.75) is 19.4 Å². The van der Waals surface area contributed by atoms with Crippen LogP contribution in [0.15, 0.2) is 30.3 Å². The third kappa shape index (κ3) is 5.01. The van der Waals surface area contributed by atoms with Crippen LogP contribution in [0.3, 0.4) is 0 Å². The molecule has 0 aromatic heterocycles. The topological polar surface area (TPSA) is 32.3 Å². The summed E-state index contributed by atoms with van der Waals surface area (Å²) in [5.74, 6) is 1.84. The highest BCUT2D eigenvalue weighted by Crippen LogP contribution is 2.17. The minimum atomic E-state index is 0.264. The predicted molar refractivity (Wildman–Crippen MR) is 71.9 cm³/mol. The zero-order chi connectivity index (χ0) is 11.6. The Labute approximate surface area is 102 Å². The Morgan fingerprint density at radius 2 is 2.06 bits per heavy atom. The number of aliphatic hydroxyl groups is 1. The third-order valence-corrected chi connectivity index (χ3v) is 3.40. The monoisotopic (exact) mass is 239 g/mol. The molecular weight excluding hydrogens is 218 g/mol. The highest BCUT2D eigenvalue weighted by atomic mass is 32.2. The molecule has 0 saturated heterocycles. The number of nitrogens with one attached hydrogen (secondary N) is 1. The fraction of sp³-hybridized carbons (Fsp3) is 0.538. The van der Waals surface area contributed by atoms with Crippen molar-refractivity contribution in [2.75, 3.05) is 24.7 Å². The molecule has 3 heteroatoms. The van der Waals surface area contributed by atoms with E-state index in [-0.39, 0.29) is 6.61 Å². The van der Waals surface area contributed by atoms with Crippen molar-refractivity contribution in [3.63, 3.8) is 0 Å². The van der Waals surface area contributed by atoms with E-state index < -0.39 is 0 Å². The first kappa shape index (κ1) is 13.6. The maximum absolute atomic E-state index is 8.78. The molecule has 2 nitrogen and oxygen atoms in total. The van der Waals surface area contributed by atoms with Gasteiger partial charge < -0.3 is 10.4 Å². The lowest BCUT2D eigenvalue weighted by atomic mass is 10.1. The Morgan fingerprint density at radius 3 is 2.69 bits per heavy atom. The molecule has 16 heavy (non-hydrogen) atoms. The summed E-state index contributed by atoms with van der Waals surface area (Å²) >= 11 is 1.79. The van der Waals surface area contributed by atoms with E-state index in [0.29, 0.717) is 6.04 Å². The summed E-state index contributed by atoms with van der Waals surface area (Å²) in [4.78, 5) is 0. The summed E-state index contributed by atoms with van der Waals surface area (Å²) in [6, 6.07) is 10.9. The summed E-state index contributed by atoms with van der Waals surface area (Å²) in [5, 5.41) is 12.3. The zero-order valence-corrected chi connectivity index (χ0v) is 10.7. The molecule has 0 aliphatic heterocycles. The quantitative estimate of drug-likeness (QED) is 0.684. The van der Waals surface area contributed by atoms with Gasteiger partial charge in [-0.05, 0) is 18.5 Å². The molecular formula is C13H21NOS. The molecule has 0 saturated carbocycles. The number of thioether (sulfide) groups is 1. The van der Waals surface area contributed by atoms with Crippen molar-refractivity contribution >= 4 is 11.8 Å². The first-order chi connectivity index (χ1) is 7.88. The van der Waals surface area contributed by atoms with E-state index in [1.165, 1.54) is 5.56 Å². The lowest BCUT2D eigenvalue weighted by Crippen LogP contribution is -2.24. The molecule has 0 radical (unpaired) electrons. The number of aliphatic hydroxyl groups excluding tert-OH is 1. The molecule has 1 aromatic rings. The Hall–Kier alpha value is -0.510. The van der Waals surface area contributed by atoms with Crippen LogP contribution in [-0.2, 0) is 0 Å². The Kier molecular flexibility index (Phi) is 7.30. The fourth-order valence-electron chi connectivity index (χ4n) is 1.54. The van der Waals surface area contributed by atoms with Crippen LogP contribution >= 0.6 is 11.8 Å². The van der Waals surface area contributed by atoms with Crippen LogP contribution in [0, 0.1) is 0 Å². The summed E-state index contributed by atoms with van der Waals surface area (Å²) in [6.07, 6.45) is 1.15. The number of rotatable bonds is 8. The Bertz CT molecular complexity index is 266. The van der Waals surface area contributed by atoms with Crippen LogP contribution in [0.5, 0.6) is 0 Å². The van der Waals surface area contributed by atoms with E-state index in [9.17, 15) is 0 Å². The Morgan fingerprint density at radius 1 is 1.31 bits per heavy atom. The van der Waals surface area contributed by atoms with E-state index in [2.05, 4.69) is 36.5 Å². The molecule has 0 spiro atoms. The standard InChI is InChI=1S/C13H21NOS/c1-2-8-14-13(11-16-10-9-15)12-6-4-3-5-7-12/h3-7,13-15H,2,8-11H2,1H3. The van der Waals surface area contributed by atoms with E-state index in [1.54, 1.807) is 11.8 Å². The average molecular weight is 239 g/mol. The van der Waals surface area contributed by atoms with Crippen molar-refractivity contribution < 1.29 is 5.11 Å². The van der Waals surface area contributed by atoms with Crippen LogP contribution in [0.2, 0.25) is 0 Å². The Balaban J connectivity index is 2.49. The van der Waals surface area contributed by atoms with Crippen LogP contribution in [0.4, 0.5) is 0 Å². The molecule has 1 unspecified atom stereocenters. The fourth-order valence-corrected chi connectivity index (χ4v) is 2.38. The second-order valence-corrected chi connectivity index (χ2v) is 4.87. The van der Waals surface area contributed by atoms with Gasteiger partial charge in [-0.1, -0.05) is 37.3 Å². The number of hydrogen-bond acceptors (Lipinski definition) is 3. The second-order valence-electron chi connectivity index (χ2n) is 3.72. The highest BCUT2D eigenvalue weighted by molar-refractivity contribution is 7.99. The maximum Gasteiger partial charge on any atom is 0.0521 e. The van der Waals surface area contributed by atoms with Gasteiger partial charge >= 0.3 is 0 Å². The number of benzene rings is 1. The number of hydrogen-bond donors (Lipinski definition) is 2. The van der Waals surface area contributed by atoms with E-state index in [0.717, 1.165) is 24.5 Å². The van der Waals surface area contributed by atoms with Crippen LogP contribution in [0.1, 0.15) is 24.9 Å². The van der Waals surface area contributed by atoms with Crippen molar-refractivity contribution in [3.8, 4) is 0 Å². The molecule has 1 atom stereocenters. The lowest BCUT2D eigenvalue weighted by molar-refractivity contribution is 0.322. The van der Waals surface area contributed by atoms with Crippen molar-refractivity contribution in [1.82, 2.24) is 5.32 Å². The molecule has 0 bridgehead atoms. The van der Waals surface area contributed by atoms with Gasteiger partial charge in [0.15, 0.2) is 0 Å². The highest BCUT2D eigenvalue weighted by Gasteiger charge is 2.09. The SMILES string of the molecule is CCCNC(CSCCO)c1ccccc1. The normalized spacial score (nSPS) is 12.6. The molecule has 1 rings (SSSR count). The molecule has 0 amide bonds. The van der Waals surface area contributed by atoms with Crippen molar-refractivity contribution in [1.29, 1.82) is 0 Å². The smallest absolute Gasteiger partial charge is 0.0521 e. The molecule has 0 fully saturated rings. The lowest BCUT2D eigenvalue weighted by Gasteiger charge is -2.18. The first-order valence-corrected chi connectivity index (χ1v) is 7.01. The minimum absolute atomic E-state index is 0.264. The third-order valence-electron chi connectivity index (χ3n) is 2.36. The second kappa shape index (κ2) is 8.62. The van der Waals surface area contributed by atoms with Gasteiger partial charge in [-0.15, -0.1) is 0 Å². The zero-order valence-electron chi connectivity index (χ0n) is 9.86. The maximum atomic E-state index is 8.78. The van der Waals surface area contributed by atoms with E-state index in [4.69, 9.17) is 5.11 Å². The van der Waals surface area contributed by atoms with Gasteiger partial charge in [0.05, 0.1) is 6.61 Å².